The zero-order valence-corrected chi connectivity index (χ0v) is 13.0. The number of piperidine rings is 1. The van der Waals surface area contributed by atoms with E-state index in [0.29, 0.717) is 24.9 Å². The molecule has 2 rings (SSSR count). The van der Waals surface area contributed by atoms with Crippen molar-refractivity contribution in [3.63, 3.8) is 0 Å². The summed E-state index contributed by atoms with van der Waals surface area (Å²) in [5.74, 6) is -2.26. The molecule has 1 aromatic rings. The molecule has 8 heteroatoms. The molecular formula is C16H18F3NO4. The first-order chi connectivity index (χ1) is 11.2. The standard InChI is InChI=1S/C16H18F3NO4/c1-10-13(15(22)23)6-3-7-20(10)14(21)9-11-4-2-5-12(8-11)24-16(17,18)19/h2,4-5,8,10,13H,3,6-7,9H2,1H3,(H,22,23)/t10-,13-/m1/s1. The van der Waals surface area contributed by atoms with Gasteiger partial charge in [-0.25, -0.2) is 0 Å². The van der Waals surface area contributed by atoms with Crippen LogP contribution in [0.4, 0.5) is 13.2 Å². The highest BCUT2D eigenvalue weighted by atomic mass is 19.4. The maximum atomic E-state index is 12.4. The minimum atomic E-state index is -4.79. The van der Waals surface area contributed by atoms with Crippen molar-refractivity contribution in [3.05, 3.63) is 29.8 Å². The average molecular weight is 345 g/mol. The lowest BCUT2D eigenvalue weighted by Gasteiger charge is -2.37. The number of carboxylic acids is 1. The lowest BCUT2D eigenvalue weighted by atomic mass is 9.90. The van der Waals surface area contributed by atoms with Crippen molar-refractivity contribution in [2.45, 2.75) is 38.6 Å². The molecule has 1 fully saturated rings. The summed E-state index contributed by atoms with van der Waals surface area (Å²) in [6.45, 7) is 2.13. The number of hydrogen-bond donors (Lipinski definition) is 1. The maximum Gasteiger partial charge on any atom is 0.573 e. The number of carbonyl (C=O) groups excluding carboxylic acids is 1. The number of carbonyl (C=O) groups is 2. The molecule has 0 aliphatic carbocycles. The van der Waals surface area contributed by atoms with Crippen molar-refractivity contribution in [2.24, 2.45) is 5.92 Å². The molecule has 0 spiro atoms. The van der Waals surface area contributed by atoms with Crippen LogP contribution in [0.5, 0.6) is 5.75 Å². The molecule has 0 bridgehead atoms. The van der Waals surface area contributed by atoms with Crippen molar-refractivity contribution in [1.82, 2.24) is 4.90 Å². The van der Waals surface area contributed by atoms with Crippen LogP contribution in [0.2, 0.25) is 0 Å². The zero-order chi connectivity index (χ0) is 17.9. The van der Waals surface area contributed by atoms with E-state index in [9.17, 15) is 27.9 Å². The fourth-order valence-electron chi connectivity index (χ4n) is 2.95. The van der Waals surface area contributed by atoms with Gasteiger partial charge in [0.25, 0.3) is 0 Å². The number of rotatable bonds is 4. The van der Waals surface area contributed by atoms with Gasteiger partial charge in [-0.1, -0.05) is 12.1 Å². The summed E-state index contributed by atoms with van der Waals surface area (Å²) in [6, 6.07) is 4.78. The van der Waals surface area contributed by atoms with Crippen molar-refractivity contribution in [1.29, 1.82) is 0 Å². The molecule has 0 saturated carbocycles. The van der Waals surface area contributed by atoms with Crippen molar-refractivity contribution < 1.29 is 32.6 Å². The van der Waals surface area contributed by atoms with Gasteiger partial charge in [0.15, 0.2) is 0 Å². The van der Waals surface area contributed by atoms with Gasteiger partial charge in [0.2, 0.25) is 5.91 Å². The van der Waals surface area contributed by atoms with Crippen LogP contribution < -0.4 is 4.74 Å². The molecule has 132 valence electrons. The maximum absolute atomic E-state index is 12.4. The molecule has 2 atom stereocenters. The van der Waals surface area contributed by atoms with Crippen molar-refractivity contribution in [2.75, 3.05) is 6.54 Å². The SMILES string of the molecule is C[C@@H]1[C@H](C(=O)O)CCCN1C(=O)Cc1cccc(OC(F)(F)F)c1. The topological polar surface area (TPSA) is 66.8 Å². The highest BCUT2D eigenvalue weighted by Gasteiger charge is 2.35. The third-order valence-corrected chi connectivity index (χ3v) is 4.11. The number of amides is 1. The van der Waals surface area contributed by atoms with Gasteiger partial charge in [-0.2, -0.15) is 0 Å². The van der Waals surface area contributed by atoms with Crippen LogP contribution in [0, 0.1) is 5.92 Å². The third-order valence-electron chi connectivity index (χ3n) is 4.11. The highest BCUT2D eigenvalue weighted by molar-refractivity contribution is 5.80. The summed E-state index contributed by atoms with van der Waals surface area (Å²) in [4.78, 5) is 25.1. The number of nitrogens with zero attached hydrogens (tertiary/aromatic N) is 1. The molecule has 5 nitrogen and oxygen atoms in total. The summed E-state index contributed by atoms with van der Waals surface area (Å²) >= 11 is 0. The number of ether oxygens (including phenoxy) is 1. The van der Waals surface area contributed by atoms with Crippen LogP contribution in [-0.2, 0) is 16.0 Å². The van der Waals surface area contributed by atoms with Crippen LogP contribution in [0.25, 0.3) is 0 Å². The zero-order valence-electron chi connectivity index (χ0n) is 13.0. The van der Waals surface area contributed by atoms with Gasteiger partial charge < -0.3 is 14.7 Å². The first kappa shape index (κ1) is 18.1. The molecule has 1 heterocycles. The predicted octanol–water partition coefficient (Wildman–Crippen LogP) is 2.84. The van der Waals surface area contributed by atoms with Gasteiger partial charge in [0.1, 0.15) is 5.75 Å². The molecule has 24 heavy (non-hydrogen) atoms. The molecule has 1 aliphatic rings. The van der Waals surface area contributed by atoms with E-state index < -0.39 is 24.3 Å². The van der Waals surface area contributed by atoms with Crippen molar-refractivity contribution >= 4 is 11.9 Å². The van der Waals surface area contributed by atoms with Gasteiger partial charge in [0.05, 0.1) is 12.3 Å². The van der Waals surface area contributed by atoms with Gasteiger partial charge >= 0.3 is 12.3 Å². The van der Waals surface area contributed by atoms with Crippen LogP contribution in [0.1, 0.15) is 25.3 Å². The Kier molecular flexibility index (Phi) is 5.36. The van der Waals surface area contributed by atoms with E-state index in [1.54, 1.807) is 6.92 Å². The van der Waals surface area contributed by atoms with E-state index in [1.165, 1.54) is 17.0 Å². The normalized spacial score (nSPS) is 21.4. The Balaban J connectivity index is 2.06. The average Bonchev–Trinajstić information content (AvgIpc) is 2.45. The number of carboxylic acid groups (broad SMARTS) is 1. The Morgan fingerprint density at radius 3 is 2.71 bits per heavy atom. The monoisotopic (exact) mass is 345 g/mol. The highest BCUT2D eigenvalue weighted by Crippen LogP contribution is 2.26. The lowest BCUT2D eigenvalue weighted by Crippen LogP contribution is -2.49. The van der Waals surface area contributed by atoms with E-state index in [4.69, 9.17) is 0 Å². The second-order valence-corrected chi connectivity index (χ2v) is 5.79. The van der Waals surface area contributed by atoms with Crippen LogP contribution in [0.15, 0.2) is 24.3 Å². The Labute approximate surface area is 137 Å². The van der Waals surface area contributed by atoms with E-state index >= 15 is 0 Å². The first-order valence-electron chi connectivity index (χ1n) is 7.54. The van der Waals surface area contributed by atoms with Crippen LogP contribution >= 0.6 is 0 Å². The van der Waals surface area contributed by atoms with Gasteiger partial charge in [-0.05, 0) is 37.5 Å². The summed E-state index contributed by atoms with van der Waals surface area (Å²) in [5.41, 5.74) is 0.381. The molecule has 1 amide bonds. The Morgan fingerprint density at radius 1 is 1.38 bits per heavy atom. The van der Waals surface area contributed by atoms with E-state index in [1.807, 2.05) is 0 Å². The van der Waals surface area contributed by atoms with Crippen LogP contribution in [0.3, 0.4) is 0 Å². The Hall–Kier alpha value is -2.25. The van der Waals surface area contributed by atoms with Crippen LogP contribution in [-0.4, -0.2) is 40.8 Å². The number of halogens is 3. The predicted molar refractivity (Wildman–Crippen MR) is 78.4 cm³/mol. The summed E-state index contributed by atoms with van der Waals surface area (Å²) in [5, 5.41) is 9.18. The number of alkyl halides is 3. The quantitative estimate of drug-likeness (QED) is 0.911. The summed E-state index contributed by atoms with van der Waals surface area (Å²) < 4.78 is 40.6. The fourth-order valence-corrected chi connectivity index (χ4v) is 2.95. The van der Waals surface area contributed by atoms with E-state index in [2.05, 4.69) is 4.74 Å². The first-order valence-corrected chi connectivity index (χ1v) is 7.54. The molecule has 0 aromatic heterocycles. The summed E-state index contributed by atoms with van der Waals surface area (Å²) in [7, 11) is 0. The van der Waals surface area contributed by atoms with Crippen molar-refractivity contribution in [3.8, 4) is 5.75 Å². The van der Waals surface area contributed by atoms with E-state index in [-0.39, 0.29) is 18.1 Å². The fraction of sp³-hybridized carbons (Fsp3) is 0.500. The number of hydrogen-bond acceptors (Lipinski definition) is 3. The summed E-state index contributed by atoms with van der Waals surface area (Å²) in [6.07, 6.45) is -3.80. The Morgan fingerprint density at radius 2 is 2.08 bits per heavy atom. The number of benzene rings is 1. The largest absolute Gasteiger partial charge is 0.573 e. The minimum Gasteiger partial charge on any atom is -0.481 e. The minimum absolute atomic E-state index is 0.105. The van der Waals surface area contributed by atoms with Gasteiger partial charge in [0, 0.05) is 12.6 Å². The van der Waals surface area contributed by atoms with Gasteiger partial charge in [-0.3, -0.25) is 9.59 Å². The molecule has 0 radical (unpaired) electrons. The molecule has 1 aromatic carbocycles. The molecular weight excluding hydrogens is 327 g/mol. The smallest absolute Gasteiger partial charge is 0.481 e. The second-order valence-electron chi connectivity index (χ2n) is 5.79. The molecule has 1 aliphatic heterocycles. The van der Waals surface area contributed by atoms with E-state index in [0.717, 1.165) is 12.1 Å². The third kappa shape index (κ3) is 4.62. The number of likely N-dealkylation sites (tertiary alicyclic amines) is 1. The lowest BCUT2D eigenvalue weighted by molar-refractivity contribution is -0.274. The molecule has 1 saturated heterocycles. The number of aliphatic carboxylic acids is 1. The van der Waals surface area contributed by atoms with Gasteiger partial charge in [-0.15, -0.1) is 13.2 Å². The molecule has 0 unspecified atom stereocenters. The second kappa shape index (κ2) is 7.11. The molecule has 1 N–H and O–H groups in total. The Bertz CT molecular complexity index is 618.